The molecule has 0 aliphatic heterocycles. The second kappa shape index (κ2) is 5.36. The summed E-state index contributed by atoms with van der Waals surface area (Å²) in [7, 11) is 1.27. The van der Waals surface area contributed by atoms with Gasteiger partial charge in [0.1, 0.15) is 23.2 Å². The third-order valence-electron chi connectivity index (χ3n) is 3.16. The number of pyridine rings is 1. The number of carbonyl (C=O) groups is 1. The molecule has 2 N–H and O–H groups in total. The van der Waals surface area contributed by atoms with E-state index in [1.165, 1.54) is 31.6 Å². The van der Waals surface area contributed by atoms with Crippen LogP contribution in [0.5, 0.6) is 0 Å². The van der Waals surface area contributed by atoms with Gasteiger partial charge in [-0.05, 0) is 30.3 Å². The van der Waals surface area contributed by atoms with Crippen LogP contribution in [0.1, 0.15) is 10.4 Å². The molecule has 0 amide bonds. The van der Waals surface area contributed by atoms with Crippen molar-refractivity contribution in [3.8, 4) is 11.3 Å². The number of benzene rings is 1. The van der Waals surface area contributed by atoms with Gasteiger partial charge in [-0.2, -0.15) is 0 Å². The lowest BCUT2D eigenvalue weighted by Gasteiger charge is -2.08. The molecule has 0 saturated heterocycles. The molecule has 0 aliphatic rings. The number of hydrogen-bond acceptors (Lipinski definition) is 6. The number of esters is 1. The number of methoxy groups -OCH3 is 1. The first-order valence-electron chi connectivity index (χ1n) is 6.35. The number of nitrogen functional groups attached to an aromatic ring is 1. The van der Waals surface area contributed by atoms with Gasteiger partial charge in [-0.3, -0.25) is 0 Å². The Balaban J connectivity index is 2.30. The number of ether oxygens (including phenoxy) is 1. The van der Waals surface area contributed by atoms with Gasteiger partial charge in [0.2, 0.25) is 0 Å². The molecule has 2 heterocycles. The predicted octanol–water partition coefficient (Wildman–Crippen LogP) is 2.20. The number of fused-ring (bicyclic) bond motifs is 1. The predicted molar refractivity (Wildman–Crippen MR) is 78.5 cm³/mol. The number of rotatable bonds is 2. The SMILES string of the molecule is COC(=O)c1cc(-c2ccc(F)cc2)nc2c(N)ncnc12. The van der Waals surface area contributed by atoms with Gasteiger partial charge in [0, 0.05) is 5.56 Å². The van der Waals surface area contributed by atoms with Crippen molar-refractivity contribution < 1.29 is 13.9 Å². The Hall–Kier alpha value is -3.09. The van der Waals surface area contributed by atoms with Crippen LogP contribution in [0.15, 0.2) is 36.7 Å². The maximum Gasteiger partial charge on any atom is 0.340 e. The first-order valence-corrected chi connectivity index (χ1v) is 6.35. The largest absolute Gasteiger partial charge is 0.465 e. The van der Waals surface area contributed by atoms with Crippen molar-refractivity contribution in [1.82, 2.24) is 15.0 Å². The molecule has 0 unspecified atom stereocenters. The van der Waals surface area contributed by atoms with E-state index in [9.17, 15) is 9.18 Å². The minimum Gasteiger partial charge on any atom is -0.465 e. The van der Waals surface area contributed by atoms with Gasteiger partial charge in [0.25, 0.3) is 0 Å². The van der Waals surface area contributed by atoms with E-state index >= 15 is 0 Å². The summed E-state index contributed by atoms with van der Waals surface area (Å²) in [5.41, 5.74) is 7.73. The number of hydrogen-bond donors (Lipinski definition) is 1. The summed E-state index contributed by atoms with van der Waals surface area (Å²) in [4.78, 5) is 24.3. The minimum absolute atomic E-state index is 0.152. The molecule has 0 atom stereocenters. The molecule has 3 aromatic rings. The highest BCUT2D eigenvalue weighted by atomic mass is 19.1. The number of nitrogens with two attached hydrogens (primary N) is 1. The normalized spacial score (nSPS) is 10.6. The fourth-order valence-corrected chi connectivity index (χ4v) is 2.09. The van der Waals surface area contributed by atoms with Crippen LogP contribution in [0.25, 0.3) is 22.3 Å². The summed E-state index contributed by atoms with van der Waals surface area (Å²) in [6, 6.07) is 7.27. The highest BCUT2D eigenvalue weighted by Crippen LogP contribution is 2.26. The quantitative estimate of drug-likeness (QED) is 0.729. The van der Waals surface area contributed by atoms with Gasteiger partial charge in [0.15, 0.2) is 5.82 Å². The van der Waals surface area contributed by atoms with E-state index < -0.39 is 5.97 Å². The zero-order chi connectivity index (χ0) is 15.7. The highest BCUT2D eigenvalue weighted by molar-refractivity contribution is 6.04. The number of halogens is 1. The Labute approximate surface area is 124 Å². The molecule has 0 radical (unpaired) electrons. The lowest BCUT2D eigenvalue weighted by atomic mass is 10.1. The molecule has 0 aliphatic carbocycles. The summed E-state index contributed by atoms with van der Waals surface area (Å²) in [5, 5.41) is 0. The van der Waals surface area contributed by atoms with Crippen molar-refractivity contribution in [2.45, 2.75) is 0 Å². The smallest absolute Gasteiger partial charge is 0.340 e. The Morgan fingerprint density at radius 3 is 2.59 bits per heavy atom. The number of carbonyl (C=O) groups excluding carboxylic acids is 1. The fourth-order valence-electron chi connectivity index (χ4n) is 2.09. The van der Waals surface area contributed by atoms with Crippen LogP contribution >= 0.6 is 0 Å². The van der Waals surface area contributed by atoms with Gasteiger partial charge < -0.3 is 10.5 Å². The number of nitrogens with zero attached hydrogens (tertiary/aromatic N) is 3. The summed E-state index contributed by atoms with van der Waals surface area (Å²) < 4.78 is 17.8. The molecule has 22 heavy (non-hydrogen) atoms. The number of anilines is 1. The van der Waals surface area contributed by atoms with Crippen molar-refractivity contribution in [2.24, 2.45) is 0 Å². The van der Waals surface area contributed by atoms with Crippen molar-refractivity contribution in [3.05, 3.63) is 48.0 Å². The topological polar surface area (TPSA) is 91.0 Å². The number of aromatic nitrogens is 3. The molecule has 0 spiro atoms. The highest BCUT2D eigenvalue weighted by Gasteiger charge is 2.17. The molecular weight excluding hydrogens is 287 g/mol. The van der Waals surface area contributed by atoms with Crippen molar-refractivity contribution in [2.75, 3.05) is 12.8 Å². The van der Waals surface area contributed by atoms with Crippen molar-refractivity contribution in [1.29, 1.82) is 0 Å². The maximum atomic E-state index is 13.0. The molecule has 0 fully saturated rings. The van der Waals surface area contributed by atoms with Crippen molar-refractivity contribution >= 4 is 22.8 Å². The molecular formula is C15H11FN4O2. The fraction of sp³-hybridized carbons (Fsp3) is 0.0667. The van der Waals surface area contributed by atoms with Crippen LogP contribution in [0, 0.1) is 5.82 Å². The van der Waals surface area contributed by atoms with E-state index in [4.69, 9.17) is 10.5 Å². The van der Waals surface area contributed by atoms with E-state index in [1.807, 2.05) is 0 Å². The van der Waals surface area contributed by atoms with Gasteiger partial charge >= 0.3 is 5.97 Å². The molecule has 1 aromatic carbocycles. The van der Waals surface area contributed by atoms with E-state index in [2.05, 4.69) is 15.0 Å². The Morgan fingerprint density at radius 2 is 1.91 bits per heavy atom. The summed E-state index contributed by atoms with van der Waals surface area (Å²) in [5.74, 6) is -0.770. The molecule has 110 valence electrons. The average molecular weight is 298 g/mol. The summed E-state index contributed by atoms with van der Waals surface area (Å²) in [6.45, 7) is 0. The standard InChI is InChI=1S/C15H11FN4O2/c1-22-15(21)10-6-11(8-2-4-9(16)5-3-8)20-13-12(10)18-7-19-14(13)17/h2-7H,1H3,(H2,17,18,19). The molecule has 2 aromatic heterocycles. The average Bonchev–Trinajstić information content (AvgIpc) is 2.54. The Bertz CT molecular complexity index is 865. The zero-order valence-electron chi connectivity index (χ0n) is 11.6. The van der Waals surface area contributed by atoms with Crippen LogP contribution in [-0.4, -0.2) is 28.0 Å². The summed E-state index contributed by atoms with van der Waals surface area (Å²) >= 11 is 0. The van der Waals surface area contributed by atoms with Gasteiger partial charge in [-0.1, -0.05) is 0 Å². The van der Waals surface area contributed by atoms with Crippen LogP contribution in [0.3, 0.4) is 0 Å². The van der Waals surface area contributed by atoms with Crippen LogP contribution in [-0.2, 0) is 4.74 Å². The van der Waals surface area contributed by atoms with E-state index in [0.29, 0.717) is 22.3 Å². The molecule has 6 nitrogen and oxygen atoms in total. The minimum atomic E-state index is -0.561. The molecule has 0 saturated carbocycles. The molecule has 7 heteroatoms. The first kappa shape index (κ1) is 13.9. The second-order valence-electron chi connectivity index (χ2n) is 4.51. The van der Waals surface area contributed by atoms with Crippen LogP contribution in [0.2, 0.25) is 0 Å². The van der Waals surface area contributed by atoms with Gasteiger partial charge in [-0.25, -0.2) is 24.1 Å². The Kier molecular flexibility index (Phi) is 3.38. The molecule has 0 bridgehead atoms. The van der Waals surface area contributed by atoms with E-state index in [0.717, 1.165) is 0 Å². The third kappa shape index (κ3) is 2.32. The lowest BCUT2D eigenvalue weighted by Crippen LogP contribution is -2.07. The maximum absolute atomic E-state index is 13.0. The second-order valence-corrected chi connectivity index (χ2v) is 4.51. The van der Waals surface area contributed by atoms with Gasteiger partial charge in [0.05, 0.1) is 18.4 Å². The van der Waals surface area contributed by atoms with E-state index in [-0.39, 0.29) is 17.2 Å². The third-order valence-corrected chi connectivity index (χ3v) is 3.16. The van der Waals surface area contributed by atoms with Crippen LogP contribution < -0.4 is 5.73 Å². The monoisotopic (exact) mass is 298 g/mol. The lowest BCUT2D eigenvalue weighted by molar-refractivity contribution is 0.0602. The summed E-state index contributed by atoms with van der Waals surface area (Å²) in [6.07, 6.45) is 1.25. The zero-order valence-corrected chi connectivity index (χ0v) is 11.6. The van der Waals surface area contributed by atoms with Crippen molar-refractivity contribution in [3.63, 3.8) is 0 Å². The van der Waals surface area contributed by atoms with E-state index in [1.54, 1.807) is 12.1 Å². The van der Waals surface area contributed by atoms with Gasteiger partial charge in [-0.15, -0.1) is 0 Å². The molecule has 3 rings (SSSR count). The first-order chi connectivity index (χ1) is 10.6. The van der Waals surface area contributed by atoms with Crippen LogP contribution in [0.4, 0.5) is 10.2 Å². The Morgan fingerprint density at radius 1 is 1.18 bits per heavy atom.